The number of rotatable bonds is 3. The highest BCUT2D eigenvalue weighted by Gasteiger charge is 2.39. The van der Waals surface area contributed by atoms with E-state index in [2.05, 4.69) is 0 Å². The van der Waals surface area contributed by atoms with Crippen molar-refractivity contribution in [2.75, 3.05) is 20.8 Å². The van der Waals surface area contributed by atoms with Crippen molar-refractivity contribution in [3.05, 3.63) is 0 Å². The lowest BCUT2D eigenvalue weighted by atomic mass is 9.84. The zero-order chi connectivity index (χ0) is 9.14. The molecule has 12 heavy (non-hydrogen) atoms. The van der Waals surface area contributed by atoms with Crippen molar-refractivity contribution in [3.8, 4) is 0 Å². The molecule has 0 spiro atoms. The maximum Gasteiger partial charge on any atom is 0.0875 e. The minimum Gasteiger partial charge on any atom is -0.391 e. The van der Waals surface area contributed by atoms with Crippen molar-refractivity contribution >= 4 is 7.85 Å². The van der Waals surface area contributed by atoms with E-state index in [9.17, 15) is 5.11 Å². The standard InChI is InChI=1S/C8H15BO3/c1-11-4-5-3-6(9)7(10)8(5)12-2/h5-8,10H,3-4H2,1-2H3/t5-,6-,7?,8+/m1/s1. The van der Waals surface area contributed by atoms with Crippen LogP contribution in [0.5, 0.6) is 0 Å². The quantitative estimate of drug-likeness (QED) is 0.605. The highest BCUT2D eigenvalue weighted by atomic mass is 16.5. The summed E-state index contributed by atoms with van der Waals surface area (Å²) in [7, 11) is 8.91. The zero-order valence-electron chi connectivity index (χ0n) is 7.56. The van der Waals surface area contributed by atoms with Crippen LogP contribution >= 0.6 is 0 Å². The van der Waals surface area contributed by atoms with Crippen molar-refractivity contribution in [1.29, 1.82) is 0 Å². The molecule has 3 nitrogen and oxygen atoms in total. The van der Waals surface area contributed by atoms with Gasteiger partial charge in [-0.2, -0.15) is 0 Å². The van der Waals surface area contributed by atoms with Crippen molar-refractivity contribution in [1.82, 2.24) is 0 Å². The van der Waals surface area contributed by atoms with Gasteiger partial charge in [0, 0.05) is 20.1 Å². The van der Waals surface area contributed by atoms with E-state index in [0.717, 1.165) is 6.42 Å². The Hall–Kier alpha value is -0.0551. The Morgan fingerprint density at radius 1 is 1.50 bits per heavy atom. The molecule has 0 aromatic rings. The van der Waals surface area contributed by atoms with Crippen LogP contribution in [0.3, 0.4) is 0 Å². The maximum absolute atomic E-state index is 9.55. The van der Waals surface area contributed by atoms with Crippen LogP contribution in [-0.2, 0) is 9.47 Å². The molecule has 1 N–H and O–H groups in total. The molecule has 1 aliphatic rings. The molecule has 4 atom stereocenters. The van der Waals surface area contributed by atoms with Crippen molar-refractivity contribution in [3.63, 3.8) is 0 Å². The van der Waals surface area contributed by atoms with Crippen LogP contribution in [0.25, 0.3) is 0 Å². The van der Waals surface area contributed by atoms with Crippen LogP contribution in [0.15, 0.2) is 0 Å². The van der Waals surface area contributed by atoms with Gasteiger partial charge in [-0.05, 0) is 12.2 Å². The third-order valence-electron chi connectivity index (χ3n) is 2.47. The molecule has 1 fully saturated rings. The summed E-state index contributed by atoms with van der Waals surface area (Å²) in [5.74, 6) is 0.0556. The lowest BCUT2D eigenvalue weighted by Crippen LogP contribution is -2.30. The summed E-state index contributed by atoms with van der Waals surface area (Å²) >= 11 is 0. The first-order chi connectivity index (χ1) is 5.70. The van der Waals surface area contributed by atoms with Gasteiger partial charge < -0.3 is 14.6 Å². The first kappa shape index (κ1) is 10.0. The number of aliphatic hydroxyl groups excluding tert-OH is 1. The summed E-state index contributed by atoms with van der Waals surface area (Å²) in [5, 5.41) is 9.55. The number of methoxy groups -OCH3 is 2. The van der Waals surface area contributed by atoms with Gasteiger partial charge in [-0.1, -0.05) is 0 Å². The van der Waals surface area contributed by atoms with E-state index in [1.165, 1.54) is 0 Å². The zero-order valence-corrected chi connectivity index (χ0v) is 7.56. The van der Waals surface area contributed by atoms with Crippen LogP contribution in [0.2, 0.25) is 5.82 Å². The number of hydrogen-bond acceptors (Lipinski definition) is 3. The second kappa shape index (κ2) is 4.26. The predicted octanol–water partition coefficient (Wildman–Crippen LogP) is -0.0144. The second-order valence-electron chi connectivity index (χ2n) is 3.31. The number of aliphatic hydroxyl groups is 1. The van der Waals surface area contributed by atoms with E-state index in [-0.39, 0.29) is 17.8 Å². The highest BCUT2D eigenvalue weighted by molar-refractivity contribution is 6.12. The van der Waals surface area contributed by atoms with Gasteiger partial charge in [-0.15, -0.1) is 0 Å². The fourth-order valence-corrected chi connectivity index (χ4v) is 1.85. The fraction of sp³-hybridized carbons (Fsp3) is 1.00. The normalized spacial score (nSPS) is 41.9. The molecule has 2 radical (unpaired) electrons. The third-order valence-corrected chi connectivity index (χ3v) is 2.47. The Kier molecular flexibility index (Phi) is 3.56. The summed E-state index contributed by atoms with van der Waals surface area (Å²) in [6, 6.07) is 0. The van der Waals surface area contributed by atoms with E-state index >= 15 is 0 Å². The van der Waals surface area contributed by atoms with Gasteiger partial charge >= 0.3 is 0 Å². The molecule has 0 aromatic carbocycles. The average Bonchev–Trinajstić information content (AvgIpc) is 2.29. The Bertz CT molecular complexity index is 142. The van der Waals surface area contributed by atoms with Gasteiger partial charge in [0.1, 0.15) is 0 Å². The Morgan fingerprint density at radius 2 is 2.17 bits per heavy atom. The summed E-state index contributed by atoms with van der Waals surface area (Å²) in [6.45, 7) is 0.600. The van der Waals surface area contributed by atoms with E-state index in [1.54, 1.807) is 14.2 Å². The Labute approximate surface area is 74.5 Å². The maximum atomic E-state index is 9.55. The van der Waals surface area contributed by atoms with E-state index in [1.807, 2.05) is 0 Å². The fourth-order valence-electron chi connectivity index (χ4n) is 1.85. The van der Waals surface area contributed by atoms with Crippen LogP contribution in [-0.4, -0.2) is 46.0 Å². The molecule has 68 valence electrons. The molecule has 0 bridgehead atoms. The van der Waals surface area contributed by atoms with Gasteiger partial charge in [0.2, 0.25) is 0 Å². The van der Waals surface area contributed by atoms with Crippen LogP contribution < -0.4 is 0 Å². The van der Waals surface area contributed by atoms with Crippen molar-refractivity contribution in [2.24, 2.45) is 5.92 Å². The largest absolute Gasteiger partial charge is 0.391 e. The SMILES string of the molecule is [B][C@@H]1C[C@H](COC)[C@H](OC)C1O. The van der Waals surface area contributed by atoms with Crippen LogP contribution in [0, 0.1) is 5.92 Å². The predicted molar refractivity (Wildman–Crippen MR) is 46.3 cm³/mol. The molecule has 1 saturated carbocycles. The summed E-state index contributed by atoms with van der Waals surface area (Å²) in [6.07, 6.45) is 0.0585. The molecule has 0 saturated heterocycles. The van der Waals surface area contributed by atoms with Crippen LogP contribution in [0.1, 0.15) is 6.42 Å². The molecule has 1 rings (SSSR count). The molecule has 1 aliphatic carbocycles. The van der Waals surface area contributed by atoms with E-state index in [4.69, 9.17) is 17.3 Å². The monoisotopic (exact) mass is 170 g/mol. The average molecular weight is 170 g/mol. The Balaban J connectivity index is 2.52. The van der Waals surface area contributed by atoms with Crippen molar-refractivity contribution in [2.45, 2.75) is 24.4 Å². The van der Waals surface area contributed by atoms with E-state index < -0.39 is 6.10 Å². The van der Waals surface area contributed by atoms with Gasteiger partial charge in [-0.3, -0.25) is 0 Å². The third kappa shape index (κ3) is 1.81. The minimum atomic E-state index is -0.546. The molecule has 1 unspecified atom stereocenters. The molecule has 4 heteroatoms. The number of ether oxygens (including phenoxy) is 2. The topological polar surface area (TPSA) is 38.7 Å². The lowest BCUT2D eigenvalue weighted by molar-refractivity contribution is -0.0288. The summed E-state index contributed by atoms with van der Waals surface area (Å²) in [4.78, 5) is 0. The number of hydrogen-bond donors (Lipinski definition) is 1. The molecule has 0 aromatic heterocycles. The smallest absolute Gasteiger partial charge is 0.0875 e. The van der Waals surface area contributed by atoms with E-state index in [0.29, 0.717) is 6.61 Å². The van der Waals surface area contributed by atoms with Gasteiger partial charge in [0.05, 0.1) is 26.7 Å². The summed E-state index contributed by atoms with van der Waals surface area (Å²) in [5.41, 5.74) is 0. The van der Waals surface area contributed by atoms with Crippen LogP contribution in [0.4, 0.5) is 0 Å². The minimum absolute atomic E-state index is 0.167. The van der Waals surface area contributed by atoms with Gasteiger partial charge in [-0.25, -0.2) is 0 Å². The molecular formula is C8H15BO3. The summed E-state index contributed by atoms with van der Waals surface area (Å²) < 4.78 is 10.2. The molecular weight excluding hydrogens is 155 g/mol. The molecule has 0 aliphatic heterocycles. The van der Waals surface area contributed by atoms with Crippen molar-refractivity contribution < 1.29 is 14.6 Å². The highest BCUT2D eigenvalue weighted by Crippen LogP contribution is 2.35. The lowest BCUT2D eigenvalue weighted by Gasteiger charge is -2.20. The first-order valence-corrected chi connectivity index (χ1v) is 4.16. The van der Waals surface area contributed by atoms with Gasteiger partial charge in [0.15, 0.2) is 0 Å². The molecule has 0 heterocycles. The Morgan fingerprint density at radius 3 is 2.67 bits per heavy atom. The first-order valence-electron chi connectivity index (χ1n) is 4.16. The molecule has 0 amide bonds. The second-order valence-corrected chi connectivity index (χ2v) is 3.31. The van der Waals surface area contributed by atoms with Gasteiger partial charge in [0.25, 0.3) is 0 Å².